The van der Waals surface area contributed by atoms with Crippen molar-refractivity contribution in [3.8, 4) is 0 Å². The second-order valence-electron chi connectivity index (χ2n) is 7.11. The maximum atomic E-state index is 12.4. The topological polar surface area (TPSA) is 106 Å². The molecule has 0 radical (unpaired) electrons. The van der Waals surface area contributed by atoms with Gasteiger partial charge < -0.3 is 14.5 Å². The molecule has 3 aromatic rings. The fourth-order valence-electron chi connectivity index (χ4n) is 3.47. The molecule has 2 heterocycles. The summed E-state index contributed by atoms with van der Waals surface area (Å²) >= 11 is 0. The van der Waals surface area contributed by atoms with Crippen molar-refractivity contribution in [2.45, 2.75) is 0 Å². The molecular formula is C22H20N4O5. The molecule has 0 atom stereocenters. The van der Waals surface area contributed by atoms with Crippen LogP contribution in [0.1, 0.15) is 10.5 Å². The number of hydrogen-bond donors (Lipinski definition) is 0. The minimum atomic E-state index is -0.636. The maximum absolute atomic E-state index is 12.4. The van der Waals surface area contributed by atoms with Gasteiger partial charge in [0.25, 0.3) is 11.6 Å². The van der Waals surface area contributed by atoms with E-state index in [9.17, 15) is 19.7 Å². The fraction of sp³-hybridized carbons (Fsp3) is 0.227. The molecule has 0 aliphatic carbocycles. The molecule has 0 unspecified atom stereocenters. The molecule has 0 saturated carbocycles. The molecule has 0 spiro atoms. The van der Waals surface area contributed by atoms with E-state index in [1.54, 1.807) is 29.2 Å². The molecule has 2 aromatic carbocycles. The highest BCUT2D eigenvalue weighted by molar-refractivity contribution is 5.92. The minimum Gasteiger partial charge on any atom is -0.451 e. The predicted octanol–water partition coefficient (Wildman–Crippen LogP) is 2.65. The fourth-order valence-corrected chi connectivity index (χ4v) is 3.47. The summed E-state index contributed by atoms with van der Waals surface area (Å²) < 4.78 is 5.17. The van der Waals surface area contributed by atoms with Gasteiger partial charge in [-0.05, 0) is 24.3 Å². The van der Waals surface area contributed by atoms with E-state index in [1.807, 2.05) is 24.3 Å². The van der Waals surface area contributed by atoms with Crippen molar-refractivity contribution in [2.24, 2.45) is 0 Å². The monoisotopic (exact) mass is 420 g/mol. The number of amides is 1. The molecule has 9 nitrogen and oxygen atoms in total. The number of non-ortho nitro benzene ring substituents is 1. The van der Waals surface area contributed by atoms with Gasteiger partial charge in [-0.3, -0.25) is 14.9 Å². The molecule has 1 saturated heterocycles. The first kappa shape index (κ1) is 20.3. The van der Waals surface area contributed by atoms with E-state index in [2.05, 4.69) is 9.88 Å². The number of nitro benzene ring substituents is 1. The van der Waals surface area contributed by atoms with Crippen LogP contribution in [0.4, 0.5) is 11.4 Å². The zero-order valence-corrected chi connectivity index (χ0v) is 16.6. The van der Waals surface area contributed by atoms with Crippen molar-refractivity contribution < 1.29 is 19.2 Å². The Kier molecular flexibility index (Phi) is 5.74. The van der Waals surface area contributed by atoms with E-state index in [-0.39, 0.29) is 23.9 Å². The molecule has 0 N–H and O–H groups in total. The lowest BCUT2D eigenvalue weighted by molar-refractivity contribution is -0.384. The first-order chi connectivity index (χ1) is 15.0. The van der Waals surface area contributed by atoms with E-state index < -0.39 is 10.9 Å². The molecule has 9 heteroatoms. The van der Waals surface area contributed by atoms with Crippen LogP contribution in [0.2, 0.25) is 0 Å². The van der Waals surface area contributed by atoms with Crippen molar-refractivity contribution in [2.75, 3.05) is 37.7 Å². The molecule has 1 aliphatic heterocycles. The van der Waals surface area contributed by atoms with Gasteiger partial charge in [0.05, 0.1) is 10.4 Å². The Morgan fingerprint density at radius 1 is 0.968 bits per heavy atom. The summed E-state index contributed by atoms with van der Waals surface area (Å²) in [5.74, 6) is -0.902. The summed E-state index contributed by atoms with van der Waals surface area (Å²) in [4.78, 5) is 43.0. The number of carbonyl (C=O) groups excluding carboxylic acids is 2. The third-order valence-electron chi connectivity index (χ3n) is 5.19. The van der Waals surface area contributed by atoms with Crippen LogP contribution < -0.4 is 4.90 Å². The van der Waals surface area contributed by atoms with E-state index in [0.29, 0.717) is 31.7 Å². The zero-order chi connectivity index (χ0) is 21.8. The van der Waals surface area contributed by atoms with E-state index in [4.69, 9.17) is 4.74 Å². The van der Waals surface area contributed by atoms with Crippen molar-refractivity contribution in [1.82, 2.24) is 9.88 Å². The van der Waals surface area contributed by atoms with Crippen molar-refractivity contribution >= 4 is 34.2 Å². The number of benzene rings is 2. The second kappa shape index (κ2) is 8.78. The van der Waals surface area contributed by atoms with Crippen LogP contribution in [0.5, 0.6) is 0 Å². The summed E-state index contributed by atoms with van der Waals surface area (Å²) in [7, 11) is 0. The molecule has 31 heavy (non-hydrogen) atoms. The highest BCUT2D eigenvalue weighted by Gasteiger charge is 2.23. The van der Waals surface area contributed by atoms with Crippen LogP contribution in [-0.2, 0) is 9.53 Å². The zero-order valence-electron chi connectivity index (χ0n) is 16.6. The number of ether oxygens (including phenoxy) is 1. The van der Waals surface area contributed by atoms with Crippen LogP contribution in [-0.4, -0.2) is 59.5 Å². The van der Waals surface area contributed by atoms with Gasteiger partial charge in [-0.15, -0.1) is 0 Å². The Morgan fingerprint density at radius 3 is 2.39 bits per heavy atom. The number of para-hydroxylation sites is 1. The lowest BCUT2D eigenvalue weighted by Crippen LogP contribution is -2.49. The van der Waals surface area contributed by atoms with Gasteiger partial charge in [-0.25, -0.2) is 9.78 Å². The van der Waals surface area contributed by atoms with Crippen LogP contribution in [0.3, 0.4) is 0 Å². The van der Waals surface area contributed by atoms with Crippen LogP contribution in [0, 0.1) is 10.1 Å². The molecule has 0 bridgehead atoms. The average molecular weight is 420 g/mol. The maximum Gasteiger partial charge on any atom is 0.357 e. The summed E-state index contributed by atoms with van der Waals surface area (Å²) in [5.41, 5.74) is 1.76. The number of piperazine rings is 1. The number of nitro groups is 1. The van der Waals surface area contributed by atoms with Crippen molar-refractivity contribution in [1.29, 1.82) is 0 Å². The van der Waals surface area contributed by atoms with Gasteiger partial charge in [0, 0.05) is 49.4 Å². The number of hydrogen-bond acceptors (Lipinski definition) is 7. The van der Waals surface area contributed by atoms with E-state index >= 15 is 0 Å². The number of nitrogens with zero attached hydrogens (tertiary/aromatic N) is 4. The highest BCUT2D eigenvalue weighted by atomic mass is 16.6. The van der Waals surface area contributed by atoms with Gasteiger partial charge in [0.15, 0.2) is 6.61 Å². The molecule has 1 amide bonds. The number of anilines is 1. The summed E-state index contributed by atoms with van der Waals surface area (Å²) in [5, 5.41) is 11.7. The third-order valence-corrected chi connectivity index (χ3v) is 5.19. The third kappa shape index (κ3) is 4.61. The Bertz CT molecular complexity index is 1120. The summed E-state index contributed by atoms with van der Waals surface area (Å²) in [6.45, 7) is 1.78. The van der Waals surface area contributed by atoms with Crippen molar-refractivity contribution in [3.63, 3.8) is 0 Å². The Hall–Kier alpha value is -4.01. The molecule has 158 valence electrons. The predicted molar refractivity (Wildman–Crippen MR) is 114 cm³/mol. The van der Waals surface area contributed by atoms with E-state index in [0.717, 1.165) is 11.1 Å². The Balaban J connectivity index is 1.28. The number of aromatic nitrogens is 1. The molecule has 1 fully saturated rings. The summed E-state index contributed by atoms with van der Waals surface area (Å²) in [6.07, 6.45) is 0. The second-order valence-corrected chi connectivity index (χ2v) is 7.11. The average Bonchev–Trinajstić information content (AvgIpc) is 2.82. The first-order valence-corrected chi connectivity index (χ1v) is 9.81. The molecular weight excluding hydrogens is 400 g/mol. The largest absolute Gasteiger partial charge is 0.451 e. The quantitative estimate of drug-likeness (QED) is 0.355. The van der Waals surface area contributed by atoms with Crippen LogP contribution in [0.25, 0.3) is 10.9 Å². The Labute approximate surface area is 178 Å². The minimum absolute atomic E-state index is 0.0419. The molecule has 1 aliphatic rings. The normalized spacial score (nSPS) is 13.8. The molecule has 4 rings (SSSR count). The van der Waals surface area contributed by atoms with Gasteiger partial charge >= 0.3 is 5.97 Å². The van der Waals surface area contributed by atoms with E-state index in [1.165, 1.54) is 12.1 Å². The number of esters is 1. The van der Waals surface area contributed by atoms with Gasteiger partial charge in [-0.1, -0.05) is 24.3 Å². The van der Waals surface area contributed by atoms with Crippen LogP contribution in [0.15, 0.2) is 60.7 Å². The SMILES string of the molecule is O=C(OCC(=O)N1CCN(c2ccc([N+](=O)[O-])cc2)CC1)c1ccc2ccccc2n1. The number of pyridine rings is 1. The first-order valence-electron chi connectivity index (χ1n) is 9.81. The summed E-state index contributed by atoms with van der Waals surface area (Å²) in [6, 6.07) is 17.1. The standard InChI is InChI=1S/C22H20N4O5/c27-21(15-31-22(28)20-10-5-16-3-1-2-4-19(16)23-20)25-13-11-24(12-14-25)17-6-8-18(9-7-17)26(29)30/h1-10H,11-15H2. The lowest BCUT2D eigenvalue weighted by Gasteiger charge is -2.36. The molecule has 1 aromatic heterocycles. The highest BCUT2D eigenvalue weighted by Crippen LogP contribution is 2.20. The lowest BCUT2D eigenvalue weighted by atomic mass is 10.2. The van der Waals surface area contributed by atoms with Gasteiger partial charge in [0.1, 0.15) is 5.69 Å². The smallest absolute Gasteiger partial charge is 0.357 e. The van der Waals surface area contributed by atoms with Gasteiger partial charge in [-0.2, -0.15) is 0 Å². The number of fused-ring (bicyclic) bond motifs is 1. The van der Waals surface area contributed by atoms with Gasteiger partial charge in [0.2, 0.25) is 0 Å². The number of carbonyl (C=O) groups is 2. The number of rotatable bonds is 5. The Morgan fingerprint density at radius 2 is 1.68 bits per heavy atom. The van der Waals surface area contributed by atoms with Crippen molar-refractivity contribution in [3.05, 3.63) is 76.5 Å². The van der Waals surface area contributed by atoms with Crippen LogP contribution >= 0.6 is 0 Å².